The number of aryl methyl sites for hydroxylation is 1. The van der Waals surface area contributed by atoms with Crippen LogP contribution in [0.5, 0.6) is 0 Å². The lowest BCUT2D eigenvalue weighted by Crippen LogP contribution is -2.54. The molecule has 1 aromatic carbocycles. The van der Waals surface area contributed by atoms with Gasteiger partial charge < -0.3 is 15.3 Å². The number of rotatable bonds is 7. The first kappa shape index (κ1) is 25.0. The number of hydrogen-bond donors (Lipinski definition) is 2. The molecule has 0 radical (unpaired) electrons. The maximum atomic E-state index is 12.6. The Hall–Kier alpha value is -2.01. The predicted octanol–water partition coefficient (Wildman–Crippen LogP) is 5.82. The quantitative estimate of drug-likeness (QED) is 0.544. The minimum Gasteiger partial charge on any atom is -0.483 e. The van der Waals surface area contributed by atoms with E-state index >= 15 is 0 Å². The standard InChI is InChI=1S/C22H33ClN2O.CH2O2/c1-7-12-25-14-19(16(4)5)22(6,24-21(25)26)18-11-10-17(20(23)13-18)9-8-15(2)3;2-1-3/h10-11,13-16H,7-9,12H2,1-6H3,(H,24,26);1H,(H,2,3)/t22-;/m0./s1. The molecule has 6 heteroatoms. The maximum absolute atomic E-state index is 12.6. The van der Waals surface area contributed by atoms with Gasteiger partial charge in [-0.25, -0.2) is 4.79 Å². The molecule has 0 spiro atoms. The lowest BCUT2D eigenvalue weighted by atomic mass is 9.78. The highest BCUT2D eigenvalue weighted by Gasteiger charge is 2.39. The van der Waals surface area contributed by atoms with Crippen LogP contribution >= 0.6 is 11.6 Å². The van der Waals surface area contributed by atoms with E-state index in [0.29, 0.717) is 11.8 Å². The van der Waals surface area contributed by atoms with Crippen molar-refractivity contribution in [3.05, 3.63) is 46.1 Å². The highest BCUT2D eigenvalue weighted by molar-refractivity contribution is 6.31. The van der Waals surface area contributed by atoms with Crippen molar-refractivity contribution in [2.24, 2.45) is 11.8 Å². The number of hydrogen-bond acceptors (Lipinski definition) is 2. The largest absolute Gasteiger partial charge is 0.483 e. The summed E-state index contributed by atoms with van der Waals surface area (Å²) >= 11 is 6.59. The Kier molecular flexibility index (Phi) is 9.71. The van der Waals surface area contributed by atoms with Gasteiger partial charge >= 0.3 is 6.03 Å². The maximum Gasteiger partial charge on any atom is 0.322 e. The van der Waals surface area contributed by atoms with E-state index in [9.17, 15) is 4.79 Å². The smallest absolute Gasteiger partial charge is 0.322 e. The van der Waals surface area contributed by atoms with Crippen molar-refractivity contribution in [2.75, 3.05) is 6.54 Å². The average molecular weight is 423 g/mol. The van der Waals surface area contributed by atoms with Crippen LogP contribution in [0.25, 0.3) is 0 Å². The summed E-state index contributed by atoms with van der Waals surface area (Å²) in [5.41, 5.74) is 2.89. The summed E-state index contributed by atoms with van der Waals surface area (Å²) in [6, 6.07) is 6.23. The van der Waals surface area contributed by atoms with Crippen molar-refractivity contribution in [3.63, 3.8) is 0 Å². The summed E-state index contributed by atoms with van der Waals surface area (Å²) in [6.07, 6.45) is 5.07. The van der Waals surface area contributed by atoms with Crippen molar-refractivity contribution in [2.45, 2.75) is 66.3 Å². The van der Waals surface area contributed by atoms with Crippen molar-refractivity contribution in [1.29, 1.82) is 0 Å². The van der Waals surface area contributed by atoms with Gasteiger partial charge in [-0.3, -0.25) is 4.79 Å². The van der Waals surface area contributed by atoms with Crippen LogP contribution < -0.4 is 5.32 Å². The number of halogens is 1. The van der Waals surface area contributed by atoms with E-state index in [0.717, 1.165) is 36.4 Å². The van der Waals surface area contributed by atoms with Crippen LogP contribution in [0, 0.1) is 11.8 Å². The van der Waals surface area contributed by atoms with Gasteiger partial charge in [-0.1, -0.05) is 58.4 Å². The number of nitrogens with zero attached hydrogens (tertiary/aromatic N) is 1. The molecule has 2 amide bonds. The number of urea groups is 1. The second-order valence-corrected chi connectivity index (χ2v) is 8.74. The van der Waals surface area contributed by atoms with E-state index in [1.807, 2.05) is 12.3 Å². The van der Waals surface area contributed by atoms with Crippen LogP contribution in [0.2, 0.25) is 5.02 Å². The molecular weight excluding hydrogens is 388 g/mol. The molecule has 0 aromatic heterocycles. The normalized spacial score (nSPS) is 18.9. The lowest BCUT2D eigenvalue weighted by Gasteiger charge is -2.42. The Morgan fingerprint density at radius 2 is 1.90 bits per heavy atom. The first-order valence-corrected chi connectivity index (χ1v) is 10.7. The molecule has 0 saturated heterocycles. The molecule has 0 fully saturated rings. The van der Waals surface area contributed by atoms with Gasteiger partial charge in [0, 0.05) is 17.8 Å². The molecule has 162 valence electrons. The van der Waals surface area contributed by atoms with E-state index in [-0.39, 0.29) is 12.5 Å². The Morgan fingerprint density at radius 3 is 2.38 bits per heavy atom. The third-order valence-electron chi connectivity index (χ3n) is 5.20. The Morgan fingerprint density at radius 1 is 1.28 bits per heavy atom. The highest BCUT2D eigenvalue weighted by atomic mass is 35.5. The second kappa shape index (κ2) is 11.2. The summed E-state index contributed by atoms with van der Waals surface area (Å²) in [7, 11) is 0. The van der Waals surface area contributed by atoms with Gasteiger partial charge in [0.25, 0.3) is 6.47 Å². The van der Waals surface area contributed by atoms with E-state index < -0.39 is 5.54 Å². The zero-order chi connectivity index (χ0) is 22.2. The number of amides is 2. The Labute approximate surface area is 180 Å². The molecule has 1 atom stereocenters. The fourth-order valence-electron chi connectivity index (χ4n) is 3.59. The summed E-state index contributed by atoms with van der Waals surface area (Å²) in [4.78, 5) is 22.8. The van der Waals surface area contributed by atoms with Crippen LogP contribution in [0.1, 0.15) is 65.5 Å². The fraction of sp³-hybridized carbons (Fsp3) is 0.565. The summed E-state index contributed by atoms with van der Waals surface area (Å²) in [6.45, 7) is 13.4. The van der Waals surface area contributed by atoms with Gasteiger partial charge in [-0.05, 0) is 60.8 Å². The van der Waals surface area contributed by atoms with Crippen LogP contribution in [-0.4, -0.2) is 29.1 Å². The first-order chi connectivity index (χ1) is 13.6. The third-order valence-corrected chi connectivity index (χ3v) is 5.55. The van der Waals surface area contributed by atoms with Crippen LogP contribution in [0.4, 0.5) is 4.79 Å². The molecule has 1 heterocycles. The third kappa shape index (κ3) is 6.49. The van der Waals surface area contributed by atoms with E-state index in [1.54, 1.807) is 4.90 Å². The molecule has 5 nitrogen and oxygen atoms in total. The molecule has 1 aromatic rings. The lowest BCUT2D eigenvalue weighted by molar-refractivity contribution is -0.122. The molecule has 0 bridgehead atoms. The molecule has 0 aliphatic carbocycles. The van der Waals surface area contributed by atoms with Crippen molar-refractivity contribution >= 4 is 24.1 Å². The van der Waals surface area contributed by atoms with Crippen LogP contribution in [0.3, 0.4) is 0 Å². The van der Waals surface area contributed by atoms with E-state index in [4.69, 9.17) is 21.5 Å². The highest BCUT2D eigenvalue weighted by Crippen LogP contribution is 2.38. The zero-order valence-corrected chi connectivity index (χ0v) is 19.2. The second-order valence-electron chi connectivity index (χ2n) is 8.33. The number of benzene rings is 1. The molecule has 0 saturated carbocycles. The van der Waals surface area contributed by atoms with E-state index in [1.165, 1.54) is 11.1 Å². The number of carbonyl (C=O) groups excluding carboxylic acids is 1. The number of nitrogens with one attached hydrogen (secondary N) is 1. The zero-order valence-electron chi connectivity index (χ0n) is 18.5. The molecule has 2 rings (SSSR count). The van der Waals surface area contributed by atoms with Crippen LogP contribution in [-0.2, 0) is 16.8 Å². The first-order valence-electron chi connectivity index (χ1n) is 10.3. The van der Waals surface area contributed by atoms with Crippen LogP contribution in [0.15, 0.2) is 30.0 Å². The summed E-state index contributed by atoms with van der Waals surface area (Å²) in [5, 5.41) is 10.9. The van der Waals surface area contributed by atoms with Gasteiger partial charge in [0.05, 0.1) is 5.54 Å². The molecule has 2 N–H and O–H groups in total. The van der Waals surface area contributed by atoms with Crippen molar-refractivity contribution < 1.29 is 14.7 Å². The molecule has 1 aliphatic rings. The van der Waals surface area contributed by atoms with Crippen molar-refractivity contribution in [1.82, 2.24) is 10.2 Å². The van der Waals surface area contributed by atoms with Gasteiger partial charge in [-0.2, -0.15) is 0 Å². The molecule has 0 unspecified atom stereocenters. The average Bonchev–Trinajstić information content (AvgIpc) is 2.63. The molecule has 29 heavy (non-hydrogen) atoms. The van der Waals surface area contributed by atoms with Gasteiger partial charge in [-0.15, -0.1) is 0 Å². The Balaban J connectivity index is 0.00000132. The van der Waals surface area contributed by atoms with E-state index in [2.05, 4.69) is 59.0 Å². The minimum absolute atomic E-state index is 0.0428. The number of carbonyl (C=O) groups is 2. The summed E-state index contributed by atoms with van der Waals surface area (Å²) in [5.74, 6) is 0.972. The topological polar surface area (TPSA) is 69.6 Å². The monoisotopic (exact) mass is 422 g/mol. The van der Waals surface area contributed by atoms with Crippen molar-refractivity contribution in [3.8, 4) is 0 Å². The number of carboxylic acid groups (broad SMARTS) is 1. The van der Waals surface area contributed by atoms with Gasteiger partial charge in [0.2, 0.25) is 0 Å². The summed E-state index contributed by atoms with van der Waals surface area (Å²) < 4.78 is 0. The Bertz CT molecular complexity index is 731. The molecule has 1 aliphatic heterocycles. The predicted molar refractivity (Wildman–Crippen MR) is 119 cm³/mol. The van der Waals surface area contributed by atoms with Gasteiger partial charge in [0.1, 0.15) is 0 Å². The molecular formula is C23H35ClN2O3. The fourth-order valence-corrected chi connectivity index (χ4v) is 3.87. The van der Waals surface area contributed by atoms with Gasteiger partial charge in [0.15, 0.2) is 0 Å². The minimum atomic E-state index is -0.532. The SMILES string of the molecule is CCCN1C=C(C(C)C)[C@](C)(c2ccc(CCC(C)C)c(Cl)c2)NC1=O.O=CO.